The maximum atomic E-state index is 11.9. The topological polar surface area (TPSA) is 126 Å². The Balaban J connectivity index is 2.86. The number of nitrogens with zero attached hydrogens (tertiary/aromatic N) is 1. The quantitative estimate of drug-likeness (QED) is 0.432. The Bertz CT molecular complexity index is 511. The van der Waals surface area contributed by atoms with E-state index in [-0.39, 0.29) is 19.0 Å². The Morgan fingerprint density at radius 2 is 2.04 bits per heavy atom. The van der Waals surface area contributed by atoms with Gasteiger partial charge in [0.1, 0.15) is 6.23 Å². The second kappa shape index (κ2) is 9.15. The summed E-state index contributed by atoms with van der Waals surface area (Å²) in [6.45, 7) is 0.0244. The molecule has 11 heteroatoms. The third kappa shape index (κ3) is 6.41. The molecule has 1 rings (SSSR count). The highest BCUT2D eigenvalue weighted by Gasteiger charge is 2.30. The number of methoxy groups -OCH3 is 2. The first-order valence-corrected chi connectivity index (χ1v) is 8.48. The van der Waals surface area contributed by atoms with E-state index in [4.69, 9.17) is 14.2 Å². The van der Waals surface area contributed by atoms with Gasteiger partial charge in [0, 0.05) is 20.4 Å². The Morgan fingerprint density at radius 1 is 1.39 bits per heavy atom. The number of nitrogens with one attached hydrogen (secondary N) is 2. The summed E-state index contributed by atoms with van der Waals surface area (Å²) in [5.74, 6) is -0.334. The van der Waals surface area contributed by atoms with Gasteiger partial charge in [0.2, 0.25) is 10.0 Å². The molecule has 0 radical (unpaired) electrons. The largest absolute Gasteiger partial charge is 0.382 e. The molecule has 3 atom stereocenters. The van der Waals surface area contributed by atoms with Crippen molar-refractivity contribution in [1.29, 1.82) is 0 Å². The van der Waals surface area contributed by atoms with Crippen molar-refractivity contribution in [2.24, 2.45) is 0 Å². The fourth-order valence-corrected chi connectivity index (χ4v) is 2.74. The number of hydrogen-bond acceptors (Lipinski definition) is 7. The molecule has 23 heavy (non-hydrogen) atoms. The summed E-state index contributed by atoms with van der Waals surface area (Å²) >= 11 is 0. The molecule has 0 aliphatic carbocycles. The van der Waals surface area contributed by atoms with Gasteiger partial charge in [-0.1, -0.05) is 0 Å². The van der Waals surface area contributed by atoms with Crippen LogP contribution in [0.5, 0.6) is 0 Å². The fourth-order valence-electron chi connectivity index (χ4n) is 1.91. The number of aliphatic hydroxyl groups is 1. The van der Waals surface area contributed by atoms with E-state index in [0.29, 0.717) is 0 Å². The molecule has 0 bridgehead atoms. The molecule has 2 amide bonds. The van der Waals surface area contributed by atoms with E-state index in [9.17, 15) is 18.3 Å². The van der Waals surface area contributed by atoms with Crippen LogP contribution in [-0.2, 0) is 24.2 Å². The molecule has 1 unspecified atom stereocenters. The first kappa shape index (κ1) is 19.8. The molecule has 0 saturated heterocycles. The number of urea groups is 1. The molecule has 3 N–H and O–H groups in total. The normalized spacial score (nSPS) is 21.1. The van der Waals surface area contributed by atoms with E-state index < -0.39 is 34.6 Å². The van der Waals surface area contributed by atoms with Crippen LogP contribution in [-0.4, -0.2) is 83.2 Å². The van der Waals surface area contributed by atoms with Crippen molar-refractivity contribution >= 4 is 16.1 Å². The molecule has 0 aromatic carbocycles. The lowest BCUT2D eigenvalue weighted by molar-refractivity contribution is -0.109. The molecule has 1 heterocycles. The van der Waals surface area contributed by atoms with E-state index >= 15 is 0 Å². The van der Waals surface area contributed by atoms with Crippen molar-refractivity contribution in [3.05, 3.63) is 12.3 Å². The lowest BCUT2D eigenvalue weighted by Gasteiger charge is -2.34. The lowest BCUT2D eigenvalue weighted by Crippen LogP contribution is -2.53. The highest BCUT2D eigenvalue weighted by Crippen LogP contribution is 2.12. The molecule has 0 aromatic heterocycles. The fraction of sp³-hybridized carbons (Fsp3) is 0.750. The first-order chi connectivity index (χ1) is 10.8. The van der Waals surface area contributed by atoms with Gasteiger partial charge in [-0.25, -0.2) is 17.9 Å². The maximum Gasteiger partial charge on any atom is 0.325 e. The first-order valence-electron chi connectivity index (χ1n) is 6.82. The molecular weight excluding hydrogens is 330 g/mol. The minimum atomic E-state index is -3.53. The van der Waals surface area contributed by atoms with Gasteiger partial charge in [0.05, 0.1) is 25.1 Å². The van der Waals surface area contributed by atoms with Gasteiger partial charge in [0.25, 0.3) is 0 Å². The molecule has 0 spiro atoms. The van der Waals surface area contributed by atoms with Crippen LogP contribution < -0.4 is 10.0 Å². The van der Waals surface area contributed by atoms with Gasteiger partial charge in [0.15, 0.2) is 6.23 Å². The predicted octanol–water partition coefficient (Wildman–Crippen LogP) is -1.60. The SMILES string of the molecule is CNS(=O)(=O)C[C@H](COC)O[C@H](COC)N1C=CC(O)NC1=O. The van der Waals surface area contributed by atoms with Crippen LogP contribution in [0.1, 0.15) is 0 Å². The van der Waals surface area contributed by atoms with Crippen LogP contribution in [0.15, 0.2) is 12.3 Å². The number of rotatable bonds is 10. The van der Waals surface area contributed by atoms with Crippen LogP contribution in [0.25, 0.3) is 0 Å². The third-order valence-electron chi connectivity index (χ3n) is 2.97. The Kier molecular flexibility index (Phi) is 7.88. The second-order valence-corrected chi connectivity index (χ2v) is 6.72. The van der Waals surface area contributed by atoms with Crippen molar-refractivity contribution in [2.45, 2.75) is 18.6 Å². The number of sulfonamides is 1. The molecule has 0 aromatic rings. The van der Waals surface area contributed by atoms with Crippen LogP contribution in [0.2, 0.25) is 0 Å². The van der Waals surface area contributed by atoms with Gasteiger partial charge in [-0.3, -0.25) is 4.90 Å². The zero-order chi connectivity index (χ0) is 17.5. The zero-order valence-electron chi connectivity index (χ0n) is 13.3. The molecule has 1 aliphatic heterocycles. The number of aliphatic hydroxyl groups excluding tert-OH is 1. The molecule has 134 valence electrons. The van der Waals surface area contributed by atoms with Crippen LogP contribution in [0.3, 0.4) is 0 Å². The van der Waals surface area contributed by atoms with Gasteiger partial charge in [-0.2, -0.15) is 0 Å². The van der Waals surface area contributed by atoms with Crippen LogP contribution in [0, 0.1) is 0 Å². The highest BCUT2D eigenvalue weighted by molar-refractivity contribution is 7.89. The smallest absolute Gasteiger partial charge is 0.325 e. The van der Waals surface area contributed by atoms with E-state index in [1.807, 2.05) is 0 Å². The van der Waals surface area contributed by atoms with Gasteiger partial charge in [-0.05, 0) is 13.1 Å². The number of hydrogen-bond donors (Lipinski definition) is 3. The minimum Gasteiger partial charge on any atom is -0.382 e. The summed E-state index contributed by atoms with van der Waals surface area (Å²) < 4.78 is 41.2. The zero-order valence-corrected chi connectivity index (χ0v) is 14.1. The highest BCUT2D eigenvalue weighted by atomic mass is 32.2. The van der Waals surface area contributed by atoms with Crippen molar-refractivity contribution < 1.29 is 32.5 Å². The standard InChI is InChI=1S/C12H23N3O7S/c1-13-23(18,19)8-9(6-20-2)22-11(7-21-3)15-5-4-10(16)14-12(15)17/h4-5,9-11,13,16H,6-8H2,1-3H3,(H,14,17)/t9-,10?,11+/m0/s1. The van der Waals surface area contributed by atoms with Crippen LogP contribution in [0.4, 0.5) is 4.79 Å². The van der Waals surface area contributed by atoms with Crippen molar-refractivity contribution in [1.82, 2.24) is 14.9 Å². The second-order valence-electron chi connectivity index (χ2n) is 4.75. The molecule has 0 saturated carbocycles. The Morgan fingerprint density at radius 3 is 2.57 bits per heavy atom. The minimum absolute atomic E-state index is 0.00761. The summed E-state index contributed by atoms with van der Waals surface area (Å²) in [5, 5.41) is 11.6. The third-order valence-corrected chi connectivity index (χ3v) is 4.41. The van der Waals surface area contributed by atoms with E-state index in [2.05, 4.69) is 10.0 Å². The number of amides is 2. The van der Waals surface area contributed by atoms with Gasteiger partial charge < -0.3 is 24.6 Å². The molecule has 10 nitrogen and oxygen atoms in total. The Labute approximate surface area is 135 Å². The average molecular weight is 353 g/mol. The average Bonchev–Trinajstić information content (AvgIpc) is 2.47. The van der Waals surface area contributed by atoms with E-state index in [1.165, 1.54) is 38.4 Å². The summed E-state index contributed by atoms with van der Waals surface area (Å²) in [6.07, 6.45) is -0.0739. The monoisotopic (exact) mass is 353 g/mol. The van der Waals surface area contributed by atoms with E-state index in [1.54, 1.807) is 0 Å². The van der Waals surface area contributed by atoms with Crippen LogP contribution >= 0.6 is 0 Å². The number of carbonyl (C=O) groups excluding carboxylic acids is 1. The summed E-state index contributed by atoms with van der Waals surface area (Å²) in [7, 11) is 0.610. The Hall–Kier alpha value is -1.24. The van der Waals surface area contributed by atoms with Gasteiger partial charge >= 0.3 is 6.03 Å². The maximum absolute atomic E-state index is 11.9. The van der Waals surface area contributed by atoms with Gasteiger partial charge in [-0.15, -0.1) is 0 Å². The number of ether oxygens (including phenoxy) is 3. The summed E-state index contributed by atoms with van der Waals surface area (Å²) in [4.78, 5) is 13.1. The van der Waals surface area contributed by atoms with Crippen molar-refractivity contribution in [3.63, 3.8) is 0 Å². The summed E-state index contributed by atoms with van der Waals surface area (Å²) in [5.41, 5.74) is 0. The predicted molar refractivity (Wildman–Crippen MR) is 80.8 cm³/mol. The lowest BCUT2D eigenvalue weighted by atomic mass is 10.3. The number of carbonyl (C=O) groups is 1. The summed E-state index contributed by atoms with van der Waals surface area (Å²) in [6, 6.07) is -0.588. The van der Waals surface area contributed by atoms with Crippen molar-refractivity contribution in [2.75, 3.05) is 40.2 Å². The molecular formula is C12H23N3O7S. The molecule has 1 aliphatic rings. The molecule has 0 fully saturated rings. The van der Waals surface area contributed by atoms with E-state index in [0.717, 1.165) is 0 Å². The van der Waals surface area contributed by atoms with Crippen molar-refractivity contribution in [3.8, 4) is 0 Å².